The van der Waals surface area contributed by atoms with E-state index in [1.54, 1.807) is 63.0 Å². The van der Waals surface area contributed by atoms with Crippen molar-refractivity contribution in [3.63, 3.8) is 0 Å². The molecule has 0 aliphatic carbocycles. The third-order valence-corrected chi connectivity index (χ3v) is 6.30. The number of thiazole rings is 1. The highest BCUT2D eigenvalue weighted by Crippen LogP contribution is 2.40. The van der Waals surface area contributed by atoms with Crippen LogP contribution in [0.2, 0.25) is 0 Å². The summed E-state index contributed by atoms with van der Waals surface area (Å²) in [4.78, 5) is 23.7. The lowest BCUT2D eigenvalue weighted by Crippen LogP contribution is -2.36. The van der Waals surface area contributed by atoms with Crippen LogP contribution >= 0.6 is 11.3 Å². The summed E-state index contributed by atoms with van der Waals surface area (Å²) in [5.74, 6) is 2.41. The molecule has 0 bridgehead atoms. The van der Waals surface area contributed by atoms with Crippen LogP contribution in [0.1, 0.15) is 6.42 Å². The molecule has 0 aliphatic heterocycles. The Hall–Kier alpha value is -3.79. The summed E-state index contributed by atoms with van der Waals surface area (Å²) in [6.07, 6.45) is 6.10. The quantitative estimate of drug-likeness (QED) is 0.319. The van der Waals surface area contributed by atoms with Gasteiger partial charge in [-0.2, -0.15) is 0 Å². The van der Waals surface area contributed by atoms with E-state index in [0.29, 0.717) is 34.4 Å². The Kier molecular flexibility index (Phi) is 7.48. The predicted molar refractivity (Wildman–Crippen MR) is 130 cm³/mol. The maximum atomic E-state index is 13.3. The van der Waals surface area contributed by atoms with Gasteiger partial charge < -0.3 is 23.5 Å². The molecule has 2 aromatic carbocycles. The zero-order valence-electron chi connectivity index (χ0n) is 19.3. The number of fused-ring (bicyclic) bond motifs is 1. The van der Waals surface area contributed by atoms with Crippen LogP contribution in [0.25, 0.3) is 10.2 Å². The summed E-state index contributed by atoms with van der Waals surface area (Å²) < 4.78 is 24.7. The van der Waals surface area contributed by atoms with Crippen molar-refractivity contribution < 1.29 is 23.7 Å². The van der Waals surface area contributed by atoms with E-state index < -0.39 is 0 Å². The Labute approximate surface area is 201 Å². The van der Waals surface area contributed by atoms with Crippen molar-refractivity contribution in [2.75, 3.05) is 39.4 Å². The van der Waals surface area contributed by atoms with E-state index >= 15 is 0 Å². The SMILES string of the molecule is COc1ccc(OCC(=O)N(CCCn2ccnc2)c2nc3c(OC)ccc(OC)c3s2)cc1. The number of hydrogen-bond acceptors (Lipinski definition) is 8. The van der Waals surface area contributed by atoms with Gasteiger partial charge in [0.05, 0.1) is 27.7 Å². The van der Waals surface area contributed by atoms with Crippen molar-refractivity contribution in [1.29, 1.82) is 0 Å². The van der Waals surface area contributed by atoms with Gasteiger partial charge in [0, 0.05) is 25.5 Å². The highest BCUT2D eigenvalue weighted by molar-refractivity contribution is 7.22. The Morgan fingerprint density at radius 2 is 1.74 bits per heavy atom. The van der Waals surface area contributed by atoms with Crippen LogP contribution in [-0.4, -0.2) is 54.9 Å². The van der Waals surface area contributed by atoms with Gasteiger partial charge in [-0.1, -0.05) is 11.3 Å². The smallest absolute Gasteiger partial charge is 0.266 e. The number of aryl methyl sites for hydroxylation is 1. The molecule has 0 atom stereocenters. The van der Waals surface area contributed by atoms with E-state index in [0.717, 1.165) is 23.4 Å². The molecule has 10 heteroatoms. The lowest BCUT2D eigenvalue weighted by atomic mass is 10.3. The second kappa shape index (κ2) is 10.9. The van der Waals surface area contributed by atoms with Crippen molar-refractivity contribution >= 4 is 32.6 Å². The first-order valence-corrected chi connectivity index (χ1v) is 11.5. The molecule has 1 amide bonds. The predicted octanol–water partition coefficient (Wildman–Crippen LogP) is 4.02. The number of imidazole rings is 1. The fourth-order valence-electron chi connectivity index (χ4n) is 3.44. The largest absolute Gasteiger partial charge is 0.497 e. The average Bonchev–Trinajstić information content (AvgIpc) is 3.55. The molecule has 0 aliphatic rings. The molecule has 4 aromatic rings. The molecule has 0 saturated carbocycles. The van der Waals surface area contributed by atoms with E-state index in [4.69, 9.17) is 23.9 Å². The molecule has 9 nitrogen and oxygen atoms in total. The van der Waals surface area contributed by atoms with E-state index in [-0.39, 0.29) is 12.5 Å². The van der Waals surface area contributed by atoms with Crippen LogP contribution in [0.15, 0.2) is 55.1 Å². The molecular formula is C24H26N4O5S. The molecule has 2 heterocycles. The van der Waals surface area contributed by atoms with Crippen LogP contribution in [0, 0.1) is 0 Å². The van der Waals surface area contributed by atoms with Gasteiger partial charge in [-0.15, -0.1) is 0 Å². The summed E-state index contributed by atoms with van der Waals surface area (Å²) in [6, 6.07) is 10.7. The monoisotopic (exact) mass is 482 g/mol. The van der Waals surface area contributed by atoms with E-state index in [1.807, 2.05) is 22.9 Å². The van der Waals surface area contributed by atoms with Gasteiger partial charge in [0.2, 0.25) is 0 Å². The first kappa shape index (κ1) is 23.4. The van der Waals surface area contributed by atoms with Gasteiger partial charge in [0.1, 0.15) is 33.2 Å². The number of nitrogens with zero attached hydrogens (tertiary/aromatic N) is 4. The Morgan fingerprint density at radius 3 is 2.41 bits per heavy atom. The van der Waals surface area contributed by atoms with Gasteiger partial charge >= 0.3 is 0 Å². The number of hydrogen-bond donors (Lipinski definition) is 0. The number of aromatic nitrogens is 3. The molecule has 0 saturated heterocycles. The fraction of sp³-hybridized carbons (Fsp3) is 0.292. The first-order chi connectivity index (χ1) is 16.6. The maximum absolute atomic E-state index is 13.3. The number of ether oxygens (including phenoxy) is 4. The van der Waals surface area contributed by atoms with Crippen LogP contribution in [0.3, 0.4) is 0 Å². The van der Waals surface area contributed by atoms with Gasteiger partial charge in [0.15, 0.2) is 11.7 Å². The summed E-state index contributed by atoms with van der Waals surface area (Å²) in [7, 11) is 4.80. The zero-order valence-corrected chi connectivity index (χ0v) is 20.1. The van der Waals surface area contributed by atoms with Crippen molar-refractivity contribution in [3.05, 3.63) is 55.1 Å². The second-order valence-corrected chi connectivity index (χ2v) is 8.29. The van der Waals surface area contributed by atoms with Crippen LogP contribution in [0.5, 0.6) is 23.0 Å². The normalized spacial score (nSPS) is 10.8. The molecule has 34 heavy (non-hydrogen) atoms. The van der Waals surface area contributed by atoms with Crippen molar-refractivity contribution in [2.45, 2.75) is 13.0 Å². The van der Waals surface area contributed by atoms with Crippen molar-refractivity contribution in [3.8, 4) is 23.0 Å². The fourth-order valence-corrected chi connectivity index (χ4v) is 4.56. The molecule has 0 spiro atoms. The maximum Gasteiger partial charge on any atom is 0.266 e. The molecule has 0 fully saturated rings. The van der Waals surface area contributed by atoms with Gasteiger partial charge in [0.25, 0.3) is 5.91 Å². The molecular weight excluding hydrogens is 456 g/mol. The van der Waals surface area contributed by atoms with Gasteiger partial charge in [-0.25, -0.2) is 9.97 Å². The molecule has 2 aromatic heterocycles. The second-order valence-electron chi connectivity index (χ2n) is 7.31. The minimum atomic E-state index is -0.196. The minimum Gasteiger partial charge on any atom is -0.497 e. The molecule has 0 radical (unpaired) electrons. The summed E-state index contributed by atoms with van der Waals surface area (Å²) in [5.41, 5.74) is 0.658. The van der Waals surface area contributed by atoms with Crippen LogP contribution in [-0.2, 0) is 11.3 Å². The molecule has 178 valence electrons. The summed E-state index contributed by atoms with van der Waals surface area (Å²) in [5, 5.41) is 0.562. The van der Waals surface area contributed by atoms with Crippen molar-refractivity contribution in [1.82, 2.24) is 14.5 Å². The van der Waals surface area contributed by atoms with E-state index in [2.05, 4.69) is 4.98 Å². The number of rotatable bonds is 11. The molecule has 0 N–H and O–H groups in total. The Balaban J connectivity index is 1.56. The number of amides is 1. The average molecular weight is 483 g/mol. The number of anilines is 1. The third kappa shape index (κ3) is 5.23. The minimum absolute atomic E-state index is 0.123. The summed E-state index contributed by atoms with van der Waals surface area (Å²) in [6.45, 7) is 1.07. The number of carbonyl (C=O) groups excluding carboxylic acids is 1. The lowest BCUT2D eigenvalue weighted by Gasteiger charge is -2.20. The number of methoxy groups -OCH3 is 3. The highest BCUT2D eigenvalue weighted by Gasteiger charge is 2.23. The summed E-state index contributed by atoms with van der Waals surface area (Å²) >= 11 is 1.39. The van der Waals surface area contributed by atoms with Crippen LogP contribution < -0.4 is 23.8 Å². The van der Waals surface area contributed by atoms with E-state index in [1.165, 1.54) is 11.3 Å². The number of carbonyl (C=O) groups is 1. The highest BCUT2D eigenvalue weighted by atomic mass is 32.1. The Bertz CT molecular complexity index is 1180. The van der Waals surface area contributed by atoms with Gasteiger partial charge in [-0.3, -0.25) is 9.69 Å². The lowest BCUT2D eigenvalue weighted by molar-refractivity contribution is -0.120. The topological polar surface area (TPSA) is 87.9 Å². The number of benzene rings is 2. The molecule has 4 rings (SSSR count). The van der Waals surface area contributed by atoms with Gasteiger partial charge in [-0.05, 0) is 42.8 Å². The zero-order chi connectivity index (χ0) is 23.9. The first-order valence-electron chi connectivity index (χ1n) is 10.7. The van der Waals surface area contributed by atoms with Crippen LogP contribution in [0.4, 0.5) is 5.13 Å². The Morgan fingerprint density at radius 1 is 1.00 bits per heavy atom. The van der Waals surface area contributed by atoms with E-state index in [9.17, 15) is 4.79 Å². The standard InChI is InChI=1S/C24H26N4O5S/c1-30-17-5-7-18(8-6-17)33-15-21(29)28(13-4-12-27-14-11-25-16-27)24-26-22-19(31-2)9-10-20(32-3)23(22)34-24/h5-11,14,16H,4,12-13,15H2,1-3H3. The van der Waals surface area contributed by atoms with Crippen molar-refractivity contribution in [2.24, 2.45) is 0 Å². The molecule has 0 unspecified atom stereocenters. The third-order valence-electron chi connectivity index (χ3n) is 5.21.